The first-order chi connectivity index (χ1) is 22.5. The molecular formula is C34H37Cl2N5O5S. The summed E-state index contributed by atoms with van der Waals surface area (Å²) in [5.41, 5.74) is 2.50. The lowest BCUT2D eigenvalue weighted by Crippen LogP contribution is -2.54. The molecule has 0 unspecified atom stereocenters. The van der Waals surface area contributed by atoms with Crippen LogP contribution in [0.3, 0.4) is 0 Å². The van der Waals surface area contributed by atoms with Gasteiger partial charge in [-0.15, -0.1) is 0 Å². The monoisotopic (exact) mass is 697 g/mol. The smallest absolute Gasteiger partial charge is 0.326 e. The summed E-state index contributed by atoms with van der Waals surface area (Å²) in [6.45, 7) is 6.62. The van der Waals surface area contributed by atoms with Gasteiger partial charge in [0, 0.05) is 55.1 Å². The first-order valence-electron chi connectivity index (χ1n) is 15.4. The number of halogens is 2. The van der Waals surface area contributed by atoms with Crippen LogP contribution in [0.5, 0.6) is 11.5 Å². The van der Waals surface area contributed by atoms with Crippen molar-refractivity contribution in [2.24, 2.45) is 4.99 Å². The number of amides is 2. The highest BCUT2D eigenvalue weighted by Crippen LogP contribution is 2.46. The van der Waals surface area contributed by atoms with Gasteiger partial charge in [0.25, 0.3) is 0 Å². The van der Waals surface area contributed by atoms with Gasteiger partial charge in [0.15, 0.2) is 0 Å². The molecule has 10 nitrogen and oxygen atoms in total. The second-order valence-electron chi connectivity index (χ2n) is 11.4. The summed E-state index contributed by atoms with van der Waals surface area (Å²) in [4.78, 5) is 25.5. The average molecular weight is 699 g/mol. The maximum absolute atomic E-state index is 14.8. The SMILES string of the molecule is CCOc1cc(C2=N[C@@H](c3ccc(Cl)cc3)[C@@H](c3ccc(Cl)cc3)N2C(=O)N2CCN(CCS(C)(=O)=O)CC2)c(OCC)cc1C#N. The van der Waals surface area contributed by atoms with Crippen LogP contribution in [0.4, 0.5) is 4.79 Å². The molecule has 0 saturated carbocycles. The highest BCUT2D eigenvalue weighted by atomic mass is 35.5. The summed E-state index contributed by atoms with van der Waals surface area (Å²) >= 11 is 12.6. The van der Waals surface area contributed by atoms with Crippen molar-refractivity contribution in [2.45, 2.75) is 25.9 Å². The van der Waals surface area contributed by atoms with Gasteiger partial charge < -0.3 is 14.4 Å². The van der Waals surface area contributed by atoms with E-state index in [9.17, 15) is 18.5 Å². The molecule has 2 aliphatic heterocycles. The molecule has 0 aliphatic carbocycles. The number of urea groups is 1. The molecule has 2 aliphatic rings. The molecule has 0 N–H and O–H groups in total. The molecule has 5 rings (SSSR count). The van der Waals surface area contributed by atoms with Gasteiger partial charge in [0.05, 0.1) is 36.1 Å². The Morgan fingerprint density at radius 1 is 0.915 bits per heavy atom. The third-order valence-electron chi connectivity index (χ3n) is 8.16. The normalized spacial score (nSPS) is 18.5. The molecule has 2 atom stereocenters. The first-order valence-corrected chi connectivity index (χ1v) is 18.3. The minimum atomic E-state index is -3.11. The molecule has 0 radical (unpaired) electrons. The van der Waals surface area contributed by atoms with Crippen LogP contribution in [0.2, 0.25) is 10.0 Å². The van der Waals surface area contributed by atoms with E-state index in [2.05, 4.69) is 11.0 Å². The number of sulfone groups is 1. The second kappa shape index (κ2) is 14.9. The van der Waals surface area contributed by atoms with Gasteiger partial charge in [-0.1, -0.05) is 47.5 Å². The molecular weight excluding hydrogens is 661 g/mol. The third-order valence-corrected chi connectivity index (χ3v) is 9.59. The van der Waals surface area contributed by atoms with Gasteiger partial charge in [0.2, 0.25) is 0 Å². The Bertz CT molecular complexity index is 1770. The Hall–Kier alpha value is -3.82. The number of amidine groups is 1. The molecule has 0 spiro atoms. The number of hydrogen-bond donors (Lipinski definition) is 0. The number of ether oxygens (including phenoxy) is 2. The zero-order valence-corrected chi connectivity index (χ0v) is 28.9. The van der Waals surface area contributed by atoms with E-state index in [0.717, 1.165) is 11.1 Å². The molecule has 3 aromatic rings. The minimum Gasteiger partial charge on any atom is -0.493 e. The maximum atomic E-state index is 14.8. The van der Waals surface area contributed by atoms with Crippen LogP contribution in [-0.4, -0.2) is 92.9 Å². The third kappa shape index (κ3) is 8.01. The van der Waals surface area contributed by atoms with Crippen molar-refractivity contribution in [3.8, 4) is 17.6 Å². The van der Waals surface area contributed by atoms with Crippen molar-refractivity contribution in [2.75, 3.05) is 57.9 Å². The van der Waals surface area contributed by atoms with Gasteiger partial charge in [-0.2, -0.15) is 5.26 Å². The molecule has 1 saturated heterocycles. The van der Waals surface area contributed by atoms with Crippen LogP contribution >= 0.6 is 23.2 Å². The van der Waals surface area contributed by atoms with Crippen LogP contribution in [0, 0.1) is 11.3 Å². The van der Waals surface area contributed by atoms with Crippen LogP contribution in [0.25, 0.3) is 0 Å². The number of carbonyl (C=O) groups excluding carboxylic acids is 1. The lowest BCUT2D eigenvalue weighted by Gasteiger charge is -2.39. The summed E-state index contributed by atoms with van der Waals surface area (Å²) in [5, 5.41) is 11.0. The largest absolute Gasteiger partial charge is 0.493 e. The molecule has 0 bridgehead atoms. The first kappa shape index (κ1) is 34.5. The van der Waals surface area contributed by atoms with E-state index in [1.807, 2.05) is 38.1 Å². The van der Waals surface area contributed by atoms with Crippen LogP contribution in [-0.2, 0) is 9.84 Å². The van der Waals surface area contributed by atoms with Crippen LogP contribution in [0.15, 0.2) is 65.7 Å². The number of rotatable bonds is 10. The molecule has 1 fully saturated rings. The molecule has 2 amide bonds. The van der Waals surface area contributed by atoms with E-state index in [0.29, 0.717) is 84.4 Å². The van der Waals surface area contributed by atoms with Crippen LogP contribution < -0.4 is 9.47 Å². The number of aliphatic imine (C=N–C) groups is 1. The topological polar surface area (TPSA) is 116 Å². The number of nitrogens with zero attached hydrogens (tertiary/aromatic N) is 5. The predicted octanol–water partition coefficient (Wildman–Crippen LogP) is 5.99. The quantitative estimate of drug-likeness (QED) is 0.256. The lowest BCUT2D eigenvalue weighted by molar-refractivity contribution is 0.122. The van der Waals surface area contributed by atoms with Crippen molar-refractivity contribution in [1.82, 2.24) is 14.7 Å². The lowest BCUT2D eigenvalue weighted by atomic mass is 9.93. The van der Waals surface area contributed by atoms with E-state index in [4.69, 9.17) is 37.7 Å². The molecule has 0 aromatic heterocycles. The van der Waals surface area contributed by atoms with Crippen molar-refractivity contribution in [3.05, 3.63) is 93.0 Å². The fourth-order valence-electron chi connectivity index (χ4n) is 5.84. The van der Waals surface area contributed by atoms with Gasteiger partial charge in [-0.3, -0.25) is 14.8 Å². The average Bonchev–Trinajstić information content (AvgIpc) is 3.45. The van der Waals surface area contributed by atoms with E-state index in [1.165, 1.54) is 6.26 Å². The Balaban J connectivity index is 1.63. The summed E-state index contributed by atoms with van der Waals surface area (Å²) < 4.78 is 35.4. The predicted molar refractivity (Wildman–Crippen MR) is 183 cm³/mol. The summed E-state index contributed by atoms with van der Waals surface area (Å²) in [6, 6.07) is 18.9. The van der Waals surface area contributed by atoms with Crippen molar-refractivity contribution in [3.63, 3.8) is 0 Å². The van der Waals surface area contributed by atoms with Crippen LogP contribution in [0.1, 0.15) is 48.2 Å². The summed E-state index contributed by atoms with van der Waals surface area (Å²) in [7, 11) is -3.11. The Kier molecular flexibility index (Phi) is 11.0. The van der Waals surface area contributed by atoms with Crippen molar-refractivity contribution >= 4 is 44.9 Å². The van der Waals surface area contributed by atoms with E-state index < -0.39 is 21.9 Å². The van der Waals surface area contributed by atoms with Gasteiger partial charge in [0.1, 0.15) is 39.3 Å². The number of hydrogen-bond acceptors (Lipinski definition) is 8. The highest BCUT2D eigenvalue weighted by Gasteiger charge is 2.45. The van der Waals surface area contributed by atoms with Gasteiger partial charge in [-0.05, 0) is 55.3 Å². The molecule has 47 heavy (non-hydrogen) atoms. The summed E-state index contributed by atoms with van der Waals surface area (Å²) in [5.74, 6) is 1.21. The molecule has 3 aromatic carbocycles. The van der Waals surface area contributed by atoms with Crippen molar-refractivity contribution in [1.29, 1.82) is 5.26 Å². The zero-order chi connectivity index (χ0) is 33.7. The van der Waals surface area contributed by atoms with Crippen molar-refractivity contribution < 1.29 is 22.7 Å². The number of benzene rings is 3. The number of nitriles is 1. The Morgan fingerprint density at radius 2 is 1.49 bits per heavy atom. The fourth-order valence-corrected chi connectivity index (χ4v) is 6.68. The maximum Gasteiger partial charge on any atom is 0.326 e. The summed E-state index contributed by atoms with van der Waals surface area (Å²) in [6.07, 6.45) is 1.23. The Labute approximate surface area is 286 Å². The number of piperazine rings is 1. The number of carbonyl (C=O) groups is 1. The van der Waals surface area contributed by atoms with Gasteiger partial charge >= 0.3 is 6.03 Å². The van der Waals surface area contributed by atoms with E-state index >= 15 is 0 Å². The highest BCUT2D eigenvalue weighted by molar-refractivity contribution is 7.90. The van der Waals surface area contributed by atoms with E-state index in [-0.39, 0.29) is 11.8 Å². The second-order valence-corrected chi connectivity index (χ2v) is 14.5. The minimum absolute atomic E-state index is 0.0619. The van der Waals surface area contributed by atoms with Gasteiger partial charge in [-0.25, -0.2) is 13.2 Å². The zero-order valence-electron chi connectivity index (χ0n) is 26.5. The molecule has 2 heterocycles. The fraction of sp³-hybridized carbons (Fsp3) is 0.382. The standard InChI is InChI=1S/C34H37Cl2N5O5S/c1-4-45-29-21-28(30(46-5-2)20-25(29)22-37)33-38-31(23-6-10-26(35)11-7-23)32(24-8-12-27(36)13-9-24)41(33)34(42)40-16-14-39(15-17-40)18-19-47(3,43)44/h6-13,20-21,31-32H,4-5,14-19H2,1-3H3/t31-,32+/m0/s1. The molecule has 13 heteroatoms. The molecule has 248 valence electrons. The Morgan fingerprint density at radius 3 is 2.04 bits per heavy atom. The van der Waals surface area contributed by atoms with E-state index in [1.54, 1.807) is 46.2 Å².